The monoisotopic (exact) mass is 1170 g/mol. The van der Waals surface area contributed by atoms with Crippen molar-refractivity contribution in [2.75, 3.05) is 39.6 Å². The first-order valence-corrected chi connectivity index (χ1v) is 34.6. The Morgan fingerprint density at radius 3 is 0.861 bits per heavy atom. The zero-order valence-electron chi connectivity index (χ0n) is 50.5. The number of aliphatic hydroxyl groups is 1. The summed E-state index contributed by atoms with van der Waals surface area (Å²) < 4.78 is 67.6. The summed E-state index contributed by atoms with van der Waals surface area (Å²) in [6.45, 7) is 7.01. The summed E-state index contributed by atoms with van der Waals surface area (Å²) in [4.78, 5) is 71.8. The van der Waals surface area contributed by atoms with Gasteiger partial charge < -0.3 is 33.8 Å². The van der Waals surface area contributed by atoms with E-state index in [1.165, 1.54) is 116 Å². The van der Waals surface area contributed by atoms with Gasteiger partial charge in [0.2, 0.25) is 0 Å². The van der Waals surface area contributed by atoms with Gasteiger partial charge in [0.15, 0.2) is 12.2 Å². The van der Waals surface area contributed by atoms with Gasteiger partial charge in [-0.2, -0.15) is 0 Å². The molecule has 3 N–H and O–H groups in total. The number of carbonyl (C=O) groups excluding carboxylic acids is 4. The number of esters is 4. The van der Waals surface area contributed by atoms with E-state index in [1.54, 1.807) is 0 Å². The van der Waals surface area contributed by atoms with Gasteiger partial charge in [-0.3, -0.25) is 37.3 Å². The Balaban J connectivity index is 5.18. The molecule has 2 unspecified atom stereocenters. The van der Waals surface area contributed by atoms with Crippen molar-refractivity contribution in [2.24, 2.45) is 5.92 Å². The maximum Gasteiger partial charge on any atom is 0.472 e. The second kappa shape index (κ2) is 54.0. The van der Waals surface area contributed by atoms with Gasteiger partial charge in [0.25, 0.3) is 0 Å². The molecule has 0 fully saturated rings. The van der Waals surface area contributed by atoms with Crippen LogP contribution in [0.1, 0.15) is 298 Å². The maximum atomic E-state index is 12.9. The third-order valence-corrected chi connectivity index (χ3v) is 15.7. The van der Waals surface area contributed by atoms with Gasteiger partial charge in [0, 0.05) is 25.7 Å². The lowest BCUT2D eigenvalue weighted by molar-refractivity contribution is -0.161. The van der Waals surface area contributed by atoms with Gasteiger partial charge in [0.1, 0.15) is 19.3 Å². The number of ether oxygens (including phenoxy) is 4. The molecule has 0 heterocycles. The van der Waals surface area contributed by atoms with Gasteiger partial charge in [0.05, 0.1) is 26.4 Å². The third kappa shape index (κ3) is 55.0. The Kier molecular flexibility index (Phi) is 52.7. The van der Waals surface area contributed by atoms with Crippen LogP contribution in [0.5, 0.6) is 0 Å². The molecule has 0 aromatic heterocycles. The Hall–Kier alpha value is -1.94. The van der Waals surface area contributed by atoms with Crippen LogP contribution in [0, 0.1) is 5.92 Å². The Labute approximate surface area is 479 Å². The highest BCUT2D eigenvalue weighted by Gasteiger charge is 2.30. The smallest absolute Gasteiger partial charge is 0.462 e. The highest BCUT2D eigenvalue weighted by molar-refractivity contribution is 7.47. The molecule has 0 spiro atoms. The van der Waals surface area contributed by atoms with E-state index in [4.69, 9.17) is 37.0 Å². The van der Waals surface area contributed by atoms with E-state index < -0.39 is 97.5 Å². The van der Waals surface area contributed by atoms with Crippen LogP contribution < -0.4 is 0 Å². The molecule has 0 aliphatic rings. The van der Waals surface area contributed by atoms with Crippen LogP contribution in [-0.4, -0.2) is 96.7 Å². The number of rotatable bonds is 60. The van der Waals surface area contributed by atoms with Crippen LogP contribution in [0.4, 0.5) is 0 Å². The van der Waals surface area contributed by atoms with Gasteiger partial charge in [-0.1, -0.05) is 247 Å². The molecule has 0 aromatic rings. The Morgan fingerprint density at radius 2 is 0.582 bits per heavy atom. The predicted molar refractivity (Wildman–Crippen MR) is 312 cm³/mol. The average Bonchev–Trinajstić information content (AvgIpc) is 3.41. The van der Waals surface area contributed by atoms with E-state index in [2.05, 4.69) is 34.6 Å². The van der Waals surface area contributed by atoms with Crippen LogP contribution in [0.3, 0.4) is 0 Å². The number of carbonyl (C=O) groups is 4. The first kappa shape index (κ1) is 77.1. The van der Waals surface area contributed by atoms with Crippen LogP contribution in [0.25, 0.3) is 0 Å². The molecule has 0 radical (unpaired) electrons. The SMILES string of the molecule is CCCCCCCCCCCCCCC(=O)OC[C@H](COP(=O)(O)OC[C@@H](O)COP(=O)(O)OC[C@@H](COC(=O)CCCCCCC)OC(=O)CCCCCCCCCC(C)C)OC(=O)CCCCCCCCCCCCCC. The van der Waals surface area contributed by atoms with E-state index in [0.717, 1.165) is 96.3 Å². The zero-order chi connectivity index (χ0) is 58.5. The lowest BCUT2D eigenvalue weighted by Gasteiger charge is -2.21. The van der Waals surface area contributed by atoms with Crippen molar-refractivity contribution in [1.29, 1.82) is 0 Å². The zero-order valence-corrected chi connectivity index (χ0v) is 52.3. The Bertz CT molecular complexity index is 1550. The quantitative estimate of drug-likeness (QED) is 0.0222. The van der Waals surface area contributed by atoms with Crippen molar-refractivity contribution in [1.82, 2.24) is 0 Å². The highest BCUT2D eigenvalue weighted by atomic mass is 31.2. The summed E-state index contributed by atoms with van der Waals surface area (Å²) in [5.41, 5.74) is 0. The molecule has 79 heavy (non-hydrogen) atoms. The van der Waals surface area contributed by atoms with Crippen molar-refractivity contribution >= 4 is 39.5 Å². The second-order valence-corrected chi connectivity index (χ2v) is 25.1. The van der Waals surface area contributed by atoms with Crippen molar-refractivity contribution in [3.05, 3.63) is 0 Å². The molecule has 0 rings (SSSR count). The van der Waals surface area contributed by atoms with Crippen LogP contribution in [-0.2, 0) is 65.4 Å². The normalized spacial score (nSPS) is 14.3. The fourth-order valence-electron chi connectivity index (χ4n) is 8.88. The maximum absolute atomic E-state index is 12.9. The number of hydrogen-bond donors (Lipinski definition) is 3. The summed E-state index contributed by atoms with van der Waals surface area (Å²) in [7, 11) is -9.87. The minimum Gasteiger partial charge on any atom is -0.462 e. The van der Waals surface area contributed by atoms with E-state index >= 15 is 0 Å². The van der Waals surface area contributed by atoms with Crippen molar-refractivity contribution in [2.45, 2.75) is 316 Å². The molecular formula is C60H116O17P2. The van der Waals surface area contributed by atoms with E-state index in [-0.39, 0.29) is 25.7 Å². The predicted octanol–water partition coefficient (Wildman–Crippen LogP) is 16.2. The van der Waals surface area contributed by atoms with Gasteiger partial charge in [-0.05, 0) is 31.6 Å². The number of phosphoric ester groups is 2. The third-order valence-electron chi connectivity index (χ3n) is 13.8. The first-order chi connectivity index (χ1) is 38.0. The van der Waals surface area contributed by atoms with Crippen LogP contribution >= 0.6 is 15.6 Å². The number of aliphatic hydroxyl groups excluding tert-OH is 1. The van der Waals surface area contributed by atoms with Gasteiger partial charge >= 0.3 is 39.5 Å². The summed E-state index contributed by atoms with van der Waals surface area (Å²) in [6.07, 6.45) is 36.5. The second-order valence-electron chi connectivity index (χ2n) is 22.2. The van der Waals surface area contributed by atoms with Gasteiger partial charge in [-0.25, -0.2) is 9.13 Å². The van der Waals surface area contributed by atoms with E-state index in [0.29, 0.717) is 31.6 Å². The fraction of sp³-hybridized carbons (Fsp3) is 0.933. The van der Waals surface area contributed by atoms with Crippen LogP contribution in [0.2, 0.25) is 0 Å². The first-order valence-electron chi connectivity index (χ1n) is 31.6. The van der Waals surface area contributed by atoms with Crippen molar-refractivity contribution in [3.63, 3.8) is 0 Å². The summed E-state index contributed by atoms with van der Waals surface area (Å²) >= 11 is 0. The minimum absolute atomic E-state index is 0.103. The molecule has 17 nitrogen and oxygen atoms in total. The van der Waals surface area contributed by atoms with Crippen LogP contribution in [0.15, 0.2) is 0 Å². The van der Waals surface area contributed by atoms with Crippen molar-refractivity contribution in [3.8, 4) is 0 Å². The molecule has 0 aliphatic carbocycles. The summed E-state index contributed by atoms with van der Waals surface area (Å²) in [5.74, 6) is -1.45. The number of unbranched alkanes of at least 4 members (excludes halogenated alkanes) is 32. The molecule has 0 saturated heterocycles. The van der Waals surface area contributed by atoms with Gasteiger partial charge in [-0.15, -0.1) is 0 Å². The summed E-state index contributed by atoms with van der Waals surface area (Å²) in [6, 6.07) is 0. The molecule has 0 bridgehead atoms. The topological polar surface area (TPSA) is 237 Å². The highest BCUT2D eigenvalue weighted by Crippen LogP contribution is 2.45. The number of phosphoric acid groups is 2. The molecule has 468 valence electrons. The van der Waals surface area contributed by atoms with Crippen molar-refractivity contribution < 1.29 is 80.2 Å². The molecule has 0 aromatic carbocycles. The fourth-order valence-corrected chi connectivity index (χ4v) is 10.5. The molecule has 5 atom stereocenters. The molecule has 0 amide bonds. The summed E-state index contributed by atoms with van der Waals surface area (Å²) in [5, 5.41) is 10.5. The van der Waals surface area contributed by atoms with E-state index in [1.807, 2.05) is 0 Å². The molecule has 0 aliphatic heterocycles. The molecular weight excluding hydrogens is 1050 g/mol. The van der Waals surface area contributed by atoms with E-state index in [9.17, 15) is 43.2 Å². The Morgan fingerprint density at radius 1 is 0.342 bits per heavy atom. The molecule has 0 saturated carbocycles. The lowest BCUT2D eigenvalue weighted by atomic mass is 10.0. The largest absolute Gasteiger partial charge is 0.472 e. The molecule has 19 heteroatoms. The number of hydrogen-bond acceptors (Lipinski definition) is 15. The average molecular weight is 1170 g/mol. The minimum atomic E-state index is -4.94. The standard InChI is InChI=1S/C60H116O17P2/c1-6-9-12-15-17-19-21-23-25-29-34-39-44-58(63)71-50-56(77-59(64)45-40-35-30-26-24-22-20-18-16-13-10-7-2)52-75-79(68,69)73-48-54(61)47-72-78(66,67)74-51-55(49-70-57(62)43-38-32-14-11-8-3)76-60(65)46-41-36-31-27-28-33-37-42-53(4)5/h53-56,61H,6-52H2,1-5H3,(H,66,67)(H,68,69)/t54-,55+,56+/m0/s1. The lowest BCUT2D eigenvalue weighted by Crippen LogP contribution is -2.30.